The zero-order valence-corrected chi connectivity index (χ0v) is 14.4. The molecule has 0 saturated carbocycles. The first-order valence-corrected chi connectivity index (χ1v) is 10.3. The number of rotatable bonds is 3. The third-order valence-electron chi connectivity index (χ3n) is 3.25. The summed E-state index contributed by atoms with van der Waals surface area (Å²) in [6.45, 7) is 1.72. The highest BCUT2D eigenvalue weighted by Gasteiger charge is 2.26. The molecule has 0 amide bonds. The maximum absolute atomic E-state index is 12.9. The van der Waals surface area contributed by atoms with E-state index in [0.717, 1.165) is 23.0 Å². The molecule has 1 unspecified atom stereocenters. The molecule has 0 fully saturated rings. The van der Waals surface area contributed by atoms with Crippen LogP contribution in [0, 0.1) is 0 Å². The maximum Gasteiger partial charge on any atom is 0.224 e. The quantitative estimate of drug-likeness (QED) is 0.833. The Bertz CT molecular complexity index is 647. The second kappa shape index (κ2) is 5.58. The van der Waals surface area contributed by atoms with Crippen molar-refractivity contribution >= 4 is 45.1 Å². The Labute approximate surface area is 130 Å². The van der Waals surface area contributed by atoms with Gasteiger partial charge >= 0.3 is 0 Å². The fourth-order valence-electron chi connectivity index (χ4n) is 2.23. The molecule has 1 atom stereocenters. The summed E-state index contributed by atoms with van der Waals surface area (Å²) in [5.74, 6) is 0.618. The Morgan fingerprint density at radius 3 is 2.85 bits per heavy atom. The standard InChI is InChI=1S/C13H15BrN3OPS/c1-19(18,17-12-7-6-9(14)8-15-12)13-16-10-4-2-3-5-11(10)20-13/h6-8H,2-5H2,1H3,(H,15,17,18). The zero-order valence-electron chi connectivity index (χ0n) is 11.1. The van der Waals surface area contributed by atoms with Gasteiger partial charge in [-0.05, 0) is 53.7 Å². The lowest BCUT2D eigenvalue weighted by atomic mass is 10.0. The van der Waals surface area contributed by atoms with Gasteiger partial charge in [-0.15, -0.1) is 11.3 Å². The lowest BCUT2D eigenvalue weighted by molar-refractivity contribution is 0.587. The number of aromatic nitrogens is 2. The van der Waals surface area contributed by atoms with Crippen LogP contribution in [0.1, 0.15) is 23.4 Å². The highest BCUT2D eigenvalue weighted by Crippen LogP contribution is 2.42. The number of halogens is 1. The molecule has 2 heterocycles. The minimum atomic E-state index is -2.71. The van der Waals surface area contributed by atoms with Gasteiger partial charge in [0.1, 0.15) is 5.82 Å². The molecule has 0 spiro atoms. The fraction of sp³-hybridized carbons (Fsp3) is 0.385. The molecule has 0 saturated heterocycles. The van der Waals surface area contributed by atoms with Crippen molar-refractivity contribution in [3.05, 3.63) is 33.4 Å². The molecule has 1 N–H and O–H groups in total. The number of pyridine rings is 1. The normalized spacial score (nSPS) is 17.3. The Balaban J connectivity index is 1.85. The Kier molecular flexibility index (Phi) is 3.98. The van der Waals surface area contributed by atoms with Gasteiger partial charge in [-0.3, -0.25) is 4.57 Å². The third-order valence-corrected chi connectivity index (χ3v) is 7.49. The van der Waals surface area contributed by atoms with Crippen molar-refractivity contribution in [3.8, 4) is 0 Å². The molecule has 2 aromatic heterocycles. The number of nitrogens with zero attached hydrogens (tertiary/aromatic N) is 2. The van der Waals surface area contributed by atoms with E-state index in [2.05, 4.69) is 31.0 Å². The molecule has 1 aliphatic carbocycles. The van der Waals surface area contributed by atoms with Gasteiger partial charge in [0.15, 0.2) is 4.75 Å². The number of hydrogen-bond acceptors (Lipinski definition) is 4. The van der Waals surface area contributed by atoms with Crippen molar-refractivity contribution in [2.45, 2.75) is 25.7 Å². The van der Waals surface area contributed by atoms with Crippen LogP contribution in [0.4, 0.5) is 5.82 Å². The fourth-order valence-corrected chi connectivity index (χ4v) is 5.49. The van der Waals surface area contributed by atoms with Crippen LogP contribution < -0.4 is 9.84 Å². The molecule has 0 radical (unpaired) electrons. The second-order valence-electron chi connectivity index (χ2n) is 4.97. The van der Waals surface area contributed by atoms with Crippen LogP contribution in [0.25, 0.3) is 0 Å². The number of anilines is 1. The van der Waals surface area contributed by atoms with Gasteiger partial charge < -0.3 is 5.09 Å². The van der Waals surface area contributed by atoms with Crippen LogP contribution in [0.2, 0.25) is 0 Å². The third kappa shape index (κ3) is 2.97. The molecule has 0 aromatic carbocycles. The molecule has 7 heteroatoms. The molecule has 4 nitrogen and oxygen atoms in total. The van der Waals surface area contributed by atoms with E-state index in [0.29, 0.717) is 10.6 Å². The van der Waals surface area contributed by atoms with E-state index in [1.807, 2.05) is 12.1 Å². The van der Waals surface area contributed by atoms with Gasteiger partial charge in [0.2, 0.25) is 7.29 Å². The highest BCUT2D eigenvalue weighted by molar-refractivity contribution is 9.10. The van der Waals surface area contributed by atoms with Gasteiger partial charge in [-0.25, -0.2) is 9.97 Å². The second-order valence-corrected chi connectivity index (χ2v) is 9.77. The van der Waals surface area contributed by atoms with Crippen molar-refractivity contribution in [2.75, 3.05) is 11.8 Å². The van der Waals surface area contributed by atoms with Crippen molar-refractivity contribution in [3.63, 3.8) is 0 Å². The minimum Gasteiger partial charge on any atom is -0.316 e. The smallest absolute Gasteiger partial charge is 0.224 e. The van der Waals surface area contributed by atoms with Crippen LogP contribution in [0.15, 0.2) is 22.8 Å². The number of fused-ring (bicyclic) bond motifs is 1. The SMILES string of the molecule is CP(=O)(Nc1ccc(Br)cn1)c1nc2c(s1)CCCC2. The first kappa shape index (κ1) is 14.2. The zero-order chi connectivity index (χ0) is 14.2. The lowest BCUT2D eigenvalue weighted by Crippen LogP contribution is -2.11. The van der Waals surface area contributed by atoms with E-state index < -0.39 is 7.29 Å². The minimum absolute atomic E-state index is 0.618. The molecular weight excluding hydrogens is 357 g/mol. The van der Waals surface area contributed by atoms with Crippen LogP contribution in [-0.4, -0.2) is 16.6 Å². The van der Waals surface area contributed by atoms with Gasteiger partial charge in [0.25, 0.3) is 0 Å². The number of aryl methyl sites for hydroxylation is 2. The first-order valence-electron chi connectivity index (χ1n) is 6.51. The van der Waals surface area contributed by atoms with E-state index in [1.54, 1.807) is 24.2 Å². The van der Waals surface area contributed by atoms with Gasteiger partial charge in [0.05, 0.1) is 5.69 Å². The van der Waals surface area contributed by atoms with E-state index in [-0.39, 0.29) is 0 Å². The summed E-state index contributed by atoms with van der Waals surface area (Å²) in [6, 6.07) is 3.69. The van der Waals surface area contributed by atoms with Crippen LogP contribution in [0.5, 0.6) is 0 Å². The summed E-state index contributed by atoms with van der Waals surface area (Å²) < 4.78 is 14.5. The monoisotopic (exact) mass is 371 g/mol. The summed E-state index contributed by atoms with van der Waals surface area (Å²) in [7, 11) is -2.71. The largest absolute Gasteiger partial charge is 0.316 e. The van der Waals surface area contributed by atoms with Crippen LogP contribution >= 0.6 is 34.6 Å². The number of hydrogen-bond donors (Lipinski definition) is 1. The van der Waals surface area contributed by atoms with E-state index in [9.17, 15) is 4.57 Å². The maximum atomic E-state index is 12.9. The molecular formula is C13H15BrN3OPS. The summed E-state index contributed by atoms with van der Waals surface area (Å²) >= 11 is 4.93. The summed E-state index contributed by atoms with van der Waals surface area (Å²) in [6.07, 6.45) is 6.18. The van der Waals surface area contributed by atoms with E-state index in [4.69, 9.17) is 0 Å². The number of thiazole rings is 1. The Hall–Kier alpha value is -0.710. The van der Waals surface area contributed by atoms with Gasteiger partial charge in [-0.1, -0.05) is 0 Å². The topological polar surface area (TPSA) is 54.9 Å². The average molecular weight is 372 g/mol. The van der Waals surface area contributed by atoms with E-state index >= 15 is 0 Å². The molecule has 0 aliphatic heterocycles. The molecule has 0 bridgehead atoms. The van der Waals surface area contributed by atoms with Crippen molar-refractivity contribution in [1.29, 1.82) is 0 Å². The first-order chi connectivity index (χ1) is 9.54. The predicted molar refractivity (Wildman–Crippen MR) is 87.5 cm³/mol. The summed E-state index contributed by atoms with van der Waals surface area (Å²) in [5, 5.41) is 3.04. The highest BCUT2D eigenvalue weighted by atomic mass is 79.9. The van der Waals surface area contributed by atoms with Crippen molar-refractivity contribution < 1.29 is 4.57 Å². The lowest BCUT2D eigenvalue weighted by Gasteiger charge is -2.12. The number of nitrogens with one attached hydrogen (secondary N) is 1. The molecule has 106 valence electrons. The van der Waals surface area contributed by atoms with E-state index in [1.165, 1.54) is 17.7 Å². The Morgan fingerprint density at radius 2 is 2.15 bits per heavy atom. The Morgan fingerprint density at radius 1 is 1.35 bits per heavy atom. The van der Waals surface area contributed by atoms with Crippen LogP contribution in [-0.2, 0) is 17.4 Å². The molecule has 3 rings (SSSR count). The molecule has 2 aromatic rings. The summed E-state index contributed by atoms with van der Waals surface area (Å²) in [4.78, 5) is 10.1. The predicted octanol–water partition coefficient (Wildman–Crippen LogP) is 3.82. The van der Waals surface area contributed by atoms with Crippen molar-refractivity contribution in [2.24, 2.45) is 0 Å². The van der Waals surface area contributed by atoms with Gasteiger partial charge in [0, 0.05) is 22.2 Å². The average Bonchev–Trinajstić information content (AvgIpc) is 2.86. The van der Waals surface area contributed by atoms with Crippen molar-refractivity contribution in [1.82, 2.24) is 9.97 Å². The van der Waals surface area contributed by atoms with Crippen LogP contribution in [0.3, 0.4) is 0 Å². The summed E-state index contributed by atoms with van der Waals surface area (Å²) in [5.41, 5.74) is 1.14. The molecule has 20 heavy (non-hydrogen) atoms. The van der Waals surface area contributed by atoms with Gasteiger partial charge in [-0.2, -0.15) is 0 Å². The molecule has 1 aliphatic rings.